The average Bonchev–Trinajstić information content (AvgIpc) is 2.72. The quantitative estimate of drug-likeness (QED) is 0.905. The zero-order valence-corrected chi connectivity index (χ0v) is 13.6. The van der Waals surface area contributed by atoms with Gasteiger partial charge in [-0.1, -0.05) is 30.3 Å². The second-order valence-electron chi connectivity index (χ2n) is 7.02. The van der Waals surface area contributed by atoms with Crippen LogP contribution in [0.5, 0.6) is 0 Å². The van der Waals surface area contributed by atoms with Crippen LogP contribution in [0.2, 0.25) is 0 Å². The van der Waals surface area contributed by atoms with Crippen molar-refractivity contribution in [3.05, 3.63) is 35.9 Å². The highest BCUT2D eigenvalue weighted by atomic mass is 16.5. The van der Waals surface area contributed by atoms with Crippen LogP contribution in [0.3, 0.4) is 0 Å². The summed E-state index contributed by atoms with van der Waals surface area (Å²) in [5.41, 5.74) is 1.57. The van der Waals surface area contributed by atoms with Gasteiger partial charge in [0.1, 0.15) is 0 Å². The minimum Gasteiger partial charge on any atom is -0.377 e. The van der Waals surface area contributed by atoms with Crippen molar-refractivity contribution in [1.29, 1.82) is 0 Å². The monoisotopic (exact) mass is 288 g/mol. The van der Waals surface area contributed by atoms with Crippen LogP contribution in [0.15, 0.2) is 30.3 Å². The van der Waals surface area contributed by atoms with E-state index in [4.69, 9.17) is 4.74 Å². The molecule has 1 N–H and O–H groups in total. The molecule has 21 heavy (non-hydrogen) atoms. The molecule has 3 heteroatoms. The number of benzene rings is 1. The molecular weight excluding hydrogens is 260 g/mol. The fraction of sp³-hybridized carbons (Fsp3) is 0.667. The van der Waals surface area contributed by atoms with E-state index in [0.29, 0.717) is 6.10 Å². The van der Waals surface area contributed by atoms with Crippen LogP contribution in [0.4, 0.5) is 0 Å². The fourth-order valence-electron chi connectivity index (χ4n) is 3.83. The summed E-state index contributed by atoms with van der Waals surface area (Å²) in [7, 11) is 0. The van der Waals surface area contributed by atoms with Crippen molar-refractivity contribution in [2.75, 3.05) is 26.2 Å². The predicted octanol–water partition coefficient (Wildman–Crippen LogP) is 2.76. The molecule has 3 nitrogen and oxygen atoms in total. The number of ether oxygens (including phenoxy) is 1. The maximum absolute atomic E-state index is 5.87. The number of nitrogens with one attached hydrogen (secondary N) is 1. The van der Waals surface area contributed by atoms with E-state index in [-0.39, 0.29) is 11.1 Å². The first-order chi connectivity index (χ1) is 10.0. The van der Waals surface area contributed by atoms with E-state index in [0.717, 1.165) is 32.7 Å². The summed E-state index contributed by atoms with van der Waals surface area (Å²) in [6, 6.07) is 10.9. The van der Waals surface area contributed by atoms with E-state index in [1.807, 2.05) is 0 Å². The highest BCUT2D eigenvalue weighted by Crippen LogP contribution is 2.35. The van der Waals surface area contributed by atoms with Gasteiger partial charge in [-0.25, -0.2) is 0 Å². The number of hydrogen-bond donors (Lipinski definition) is 1. The third-order valence-electron chi connectivity index (χ3n) is 5.61. The lowest BCUT2D eigenvalue weighted by Gasteiger charge is -2.44. The van der Waals surface area contributed by atoms with E-state index < -0.39 is 0 Å². The van der Waals surface area contributed by atoms with Gasteiger partial charge in [-0.2, -0.15) is 0 Å². The molecule has 2 aliphatic rings. The van der Waals surface area contributed by atoms with Crippen LogP contribution in [-0.4, -0.2) is 42.8 Å². The second kappa shape index (κ2) is 5.71. The van der Waals surface area contributed by atoms with Gasteiger partial charge < -0.3 is 10.1 Å². The molecule has 2 fully saturated rings. The van der Waals surface area contributed by atoms with E-state index in [1.54, 1.807) is 0 Å². The minimum atomic E-state index is 0.0169. The summed E-state index contributed by atoms with van der Waals surface area (Å²) in [6.07, 6.45) is 2.65. The van der Waals surface area contributed by atoms with Crippen LogP contribution in [-0.2, 0) is 10.3 Å². The molecule has 3 rings (SSSR count). The van der Waals surface area contributed by atoms with Gasteiger partial charge in [0, 0.05) is 25.2 Å². The Morgan fingerprint density at radius 1 is 1.24 bits per heavy atom. The molecule has 0 saturated carbocycles. The molecular formula is C18H28N2O. The van der Waals surface area contributed by atoms with Crippen molar-refractivity contribution in [2.45, 2.75) is 50.8 Å². The zero-order chi connectivity index (χ0) is 14.9. The molecule has 2 saturated heterocycles. The largest absolute Gasteiger partial charge is 0.377 e. The molecule has 0 amide bonds. The van der Waals surface area contributed by atoms with Gasteiger partial charge in [0.15, 0.2) is 0 Å². The molecule has 0 aromatic heterocycles. The fourth-order valence-corrected chi connectivity index (χ4v) is 3.83. The third kappa shape index (κ3) is 2.75. The molecule has 0 spiro atoms. The van der Waals surface area contributed by atoms with Gasteiger partial charge in [0.25, 0.3) is 0 Å². The number of rotatable bonds is 2. The van der Waals surface area contributed by atoms with Gasteiger partial charge in [-0.05, 0) is 45.7 Å². The molecule has 0 aliphatic carbocycles. The molecule has 1 aromatic rings. The molecule has 2 aliphatic heterocycles. The Labute approximate surface area is 128 Å². The van der Waals surface area contributed by atoms with E-state index in [1.165, 1.54) is 12.0 Å². The first-order valence-electron chi connectivity index (χ1n) is 8.22. The minimum absolute atomic E-state index is 0.0169. The lowest BCUT2D eigenvalue weighted by molar-refractivity contribution is 0.0119. The van der Waals surface area contributed by atoms with Crippen molar-refractivity contribution in [3.63, 3.8) is 0 Å². The SMILES string of the molecule is CC1OCCC1(C)N1CCCNC(C)(c2ccccc2)C1. The Hall–Kier alpha value is -0.900. The summed E-state index contributed by atoms with van der Waals surface area (Å²) in [6.45, 7) is 11.1. The van der Waals surface area contributed by atoms with Crippen molar-refractivity contribution in [1.82, 2.24) is 10.2 Å². The van der Waals surface area contributed by atoms with Crippen LogP contribution >= 0.6 is 0 Å². The van der Waals surface area contributed by atoms with Crippen LogP contribution in [0, 0.1) is 0 Å². The Morgan fingerprint density at radius 2 is 2.00 bits per heavy atom. The van der Waals surface area contributed by atoms with E-state index in [2.05, 4.69) is 61.3 Å². The number of nitrogens with zero attached hydrogens (tertiary/aromatic N) is 1. The molecule has 1 aromatic carbocycles. The zero-order valence-electron chi connectivity index (χ0n) is 13.6. The summed E-state index contributed by atoms with van der Waals surface area (Å²) >= 11 is 0. The third-order valence-corrected chi connectivity index (χ3v) is 5.61. The first-order valence-corrected chi connectivity index (χ1v) is 8.22. The van der Waals surface area contributed by atoms with Gasteiger partial charge in [0.05, 0.1) is 11.6 Å². The molecule has 3 atom stereocenters. The molecule has 2 heterocycles. The van der Waals surface area contributed by atoms with E-state index in [9.17, 15) is 0 Å². The van der Waals surface area contributed by atoms with Crippen LogP contribution in [0.25, 0.3) is 0 Å². The topological polar surface area (TPSA) is 24.5 Å². The van der Waals surface area contributed by atoms with Gasteiger partial charge in [0.2, 0.25) is 0 Å². The standard InChI is InChI=1S/C18H28N2O/c1-15-18(3,10-13-21-15)20-12-7-11-19-17(2,14-20)16-8-5-4-6-9-16/h4-6,8-9,15,19H,7,10-14H2,1-3H3. The lowest BCUT2D eigenvalue weighted by Crippen LogP contribution is -2.56. The van der Waals surface area contributed by atoms with Gasteiger partial charge in [-0.3, -0.25) is 4.90 Å². The maximum Gasteiger partial charge on any atom is 0.0728 e. The number of hydrogen-bond acceptors (Lipinski definition) is 3. The molecule has 3 unspecified atom stereocenters. The van der Waals surface area contributed by atoms with Crippen molar-refractivity contribution < 1.29 is 4.74 Å². The van der Waals surface area contributed by atoms with E-state index >= 15 is 0 Å². The summed E-state index contributed by atoms with van der Waals surface area (Å²) in [4.78, 5) is 2.66. The average molecular weight is 288 g/mol. The van der Waals surface area contributed by atoms with Crippen LogP contribution < -0.4 is 5.32 Å². The molecule has 0 bridgehead atoms. The molecule has 0 radical (unpaired) electrons. The Balaban J connectivity index is 1.87. The summed E-state index contributed by atoms with van der Waals surface area (Å²) in [5, 5.41) is 3.78. The highest BCUT2D eigenvalue weighted by Gasteiger charge is 2.45. The van der Waals surface area contributed by atoms with Crippen molar-refractivity contribution in [2.24, 2.45) is 0 Å². The highest BCUT2D eigenvalue weighted by molar-refractivity contribution is 5.25. The first kappa shape index (κ1) is 15.0. The van der Waals surface area contributed by atoms with Crippen LogP contribution in [0.1, 0.15) is 39.2 Å². The van der Waals surface area contributed by atoms with Crippen molar-refractivity contribution >= 4 is 0 Å². The normalized spacial score (nSPS) is 38.3. The Kier molecular flexibility index (Phi) is 4.08. The Morgan fingerprint density at radius 3 is 2.67 bits per heavy atom. The smallest absolute Gasteiger partial charge is 0.0728 e. The van der Waals surface area contributed by atoms with Gasteiger partial charge >= 0.3 is 0 Å². The lowest BCUT2D eigenvalue weighted by atomic mass is 9.87. The maximum atomic E-state index is 5.87. The Bertz CT molecular complexity index is 477. The van der Waals surface area contributed by atoms with Gasteiger partial charge in [-0.15, -0.1) is 0 Å². The molecule has 116 valence electrons. The summed E-state index contributed by atoms with van der Waals surface area (Å²) in [5.74, 6) is 0. The predicted molar refractivity (Wildman–Crippen MR) is 86.4 cm³/mol. The summed E-state index contributed by atoms with van der Waals surface area (Å²) < 4.78 is 5.87. The second-order valence-corrected chi connectivity index (χ2v) is 7.02. The van der Waals surface area contributed by atoms with Crippen molar-refractivity contribution in [3.8, 4) is 0 Å².